The lowest BCUT2D eigenvalue weighted by molar-refractivity contribution is 0.0900. The van der Waals surface area contributed by atoms with E-state index in [2.05, 4.69) is 4.98 Å². The fourth-order valence-corrected chi connectivity index (χ4v) is 3.55. The van der Waals surface area contributed by atoms with Gasteiger partial charge in [-0.1, -0.05) is 30.3 Å². The third-order valence-corrected chi connectivity index (χ3v) is 4.98. The van der Waals surface area contributed by atoms with E-state index < -0.39 is 17.4 Å². The molecule has 27 heavy (non-hydrogen) atoms. The van der Waals surface area contributed by atoms with Gasteiger partial charge in [-0.15, -0.1) is 0 Å². The maximum absolute atomic E-state index is 13.6. The van der Waals surface area contributed by atoms with Crippen LogP contribution in [0, 0.1) is 17.6 Å². The number of benzene rings is 2. The summed E-state index contributed by atoms with van der Waals surface area (Å²) in [5.41, 5.74) is 2.95. The number of ketones is 1. The zero-order valence-electron chi connectivity index (χ0n) is 14.5. The highest BCUT2D eigenvalue weighted by Crippen LogP contribution is 2.31. The van der Waals surface area contributed by atoms with Crippen LogP contribution in [0.3, 0.4) is 0 Å². The fourth-order valence-electron chi connectivity index (χ4n) is 3.55. The molecule has 1 aliphatic rings. The van der Waals surface area contributed by atoms with Crippen molar-refractivity contribution in [1.29, 1.82) is 0 Å². The number of fused-ring (bicyclic) bond motifs is 1. The number of hydrogen-bond donors (Lipinski definition) is 1. The van der Waals surface area contributed by atoms with Crippen molar-refractivity contribution in [1.82, 2.24) is 4.98 Å². The molecule has 1 aliphatic carbocycles. The summed E-state index contributed by atoms with van der Waals surface area (Å²) >= 11 is 0. The van der Waals surface area contributed by atoms with Gasteiger partial charge in [-0.3, -0.25) is 9.78 Å². The van der Waals surface area contributed by atoms with Crippen LogP contribution in [-0.2, 0) is 12.8 Å². The minimum atomic E-state index is -1.04. The molecule has 3 aromatic rings. The first-order valence-corrected chi connectivity index (χ1v) is 8.79. The minimum absolute atomic E-state index is 0.0576. The first-order valence-electron chi connectivity index (χ1n) is 8.79. The summed E-state index contributed by atoms with van der Waals surface area (Å²) in [5, 5.41) is 9.24. The minimum Gasteiger partial charge on any atom is -0.503 e. The molecule has 136 valence electrons. The Labute approximate surface area is 155 Å². The van der Waals surface area contributed by atoms with Crippen LogP contribution < -0.4 is 0 Å². The largest absolute Gasteiger partial charge is 0.503 e. The molecule has 1 aromatic heterocycles. The Morgan fingerprint density at radius 3 is 2.44 bits per heavy atom. The average Bonchev–Trinajstić information content (AvgIpc) is 2.68. The Balaban J connectivity index is 1.62. The summed E-state index contributed by atoms with van der Waals surface area (Å²) in [6, 6.07) is 15.2. The Hall–Kier alpha value is -3.08. The smallest absolute Gasteiger partial charge is 0.187 e. The van der Waals surface area contributed by atoms with E-state index in [-0.39, 0.29) is 17.3 Å². The molecule has 5 heteroatoms. The molecule has 0 unspecified atom stereocenters. The second-order valence-electron chi connectivity index (χ2n) is 6.77. The van der Waals surface area contributed by atoms with Gasteiger partial charge in [0.2, 0.25) is 0 Å². The molecule has 2 aromatic carbocycles. The van der Waals surface area contributed by atoms with Crippen LogP contribution in [0.15, 0.2) is 54.6 Å². The lowest BCUT2D eigenvalue weighted by Gasteiger charge is -2.23. The first-order chi connectivity index (χ1) is 13.0. The van der Waals surface area contributed by atoms with E-state index >= 15 is 0 Å². The lowest BCUT2D eigenvalue weighted by Crippen LogP contribution is -2.25. The monoisotopic (exact) mass is 365 g/mol. The number of rotatable bonds is 3. The number of hydrogen-bond acceptors (Lipinski definition) is 3. The Bertz CT molecular complexity index is 995. The van der Waals surface area contributed by atoms with Crippen LogP contribution in [0.2, 0.25) is 0 Å². The Morgan fingerprint density at radius 2 is 1.74 bits per heavy atom. The van der Waals surface area contributed by atoms with Gasteiger partial charge in [0.15, 0.2) is 23.2 Å². The molecule has 0 spiro atoms. The number of Topliss-reactive ketones (excluding diaryl/α,β-unsaturated/α-hetero) is 1. The van der Waals surface area contributed by atoms with Gasteiger partial charge in [-0.2, -0.15) is 0 Å². The molecular formula is C22H17F2NO2. The van der Waals surface area contributed by atoms with Gasteiger partial charge in [-0.25, -0.2) is 8.78 Å². The van der Waals surface area contributed by atoms with Crippen molar-refractivity contribution in [3.8, 4) is 17.0 Å². The van der Waals surface area contributed by atoms with Crippen molar-refractivity contribution in [2.45, 2.75) is 19.3 Å². The molecule has 0 amide bonds. The lowest BCUT2D eigenvalue weighted by atomic mass is 9.81. The molecule has 0 saturated carbocycles. The number of pyridine rings is 1. The predicted molar refractivity (Wildman–Crippen MR) is 97.5 cm³/mol. The molecule has 0 aliphatic heterocycles. The van der Waals surface area contributed by atoms with E-state index in [1.165, 1.54) is 0 Å². The third-order valence-electron chi connectivity index (χ3n) is 4.98. The highest BCUT2D eigenvalue weighted by atomic mass is 19.1. The van der Waals surface area contributed by atoms with E-state index in [9.17, 15) is 18.7 Å². The number of halogens is 2. The zero-order chi connectivity index (χ0) is 19.0. The van der Waals surface area contributed by atoms with Crippen LogP contribution in [0.1, 0.15) is 28.0 Å². The van der Waals surface area contributed by atoms with Gasteiger partial charge in [0.1, 0.15) is 0 Å². The zero-order valence-corrected chi connectivity index (χ0v) is 14.5. The standard InChI is InChI=1S/C22H17F2NO2/c23-17-11-15(12-18(24)22(17)27)19-9-7-16-20(25-19)8-6-14(21(16)26)10-13-4-2-1-3-5-13/h1-5,7,9,11-12,14,27H,6,8,10H2/t14-/m1/s1. The molecule has 0 bridgehead atoms. The Kier molecular flexibility index (Phi) is 4.44. The van der Waals surface area contributed by atoms with Gasteiger partial charge >= 0.3 is 0 Å². The van der Waals surface area contributed by atoms with Crippen molar-refractivity contribution in [3.05, 3.63) is 83.1 Å². The molecule has 0 saturated heterocycles. The molecular weight excluding hydrogens is 348 g/mol. The highest BCUT2D eigenvalue weighted by Gasteiger charge is 2.28. The number of carbonyl (C=O) groups is 1. The fraction of sp³-hybridized carbons (Fsp3) is 0.182. The van der Waals surface area contributed by atoms with Crippen molar-refractivity contribution in [2.24, 2.45) is 5.92 Å². The van der Waals surface area contributed by atoms with Gasteiger partial charge in [0, 0.05) is 17.0 Å². The predicted octanol–water partition coefficient (Wildman–Crippen LogP) is 4.72. The normalized spacial score (nSPS) is 16.2. The summed E-state index contributed by atoms with van der Waals surface area (Å²) in [4.78, 5) is 17.3. The third kappa shape index (κ3) is 3.33. The number of carbonyl (C=O) groups excluding carboxylic acids is 1. The Morgan fingerprint density at radius 1 is 1.04 bits per heavy atom. The van der Waals surface area contributed by atoms with Crippen molar-refractivity contribution in [3.63, 3.8) is 0 Å². The van der Waals surface area contributed by atoms with E-state index in [0.717, 1.165) is 17.7 Å². The van der Waals surface area contributed by atoms with Crippen LogP contribution >= 0.6 is 0 Å². The van der Waals surface area contributed by atoms with Crippen LogP contribution in [0.25, 0.3) is 11.3 Å². The summed E-state index contributed by atoms with van der Waals surface area (Å²) in [7, 11) is 0. The molecule has 3 nitrogen and oxygen atoms in total. The van der Waals surface area contributed by atoms with Gasteiger partial charge in [0.25, 0.3) is 0 Å². The summed E-state index contributed by atoms with van der Waals surface area (Å²) in [5.74, 6) is -3.11. The molecule has 1 heterocycles. The van der Waals surface area contributed by atoms with Crippen molar-refractivity contribution < 1.29 is 18.7 Å². The van der Waals surface area contributed by atoms with Crippen molar-refractivity contribution in [2.75, 3.05) is 0 Å². The first kappa shape index (κ1) is 17.3. The van der Waals surface area contributed by atoms with Crippen LogP contribution in [0.5, 0.6) is 5.75 Å². The number of aromatic hydroxyl groups is 1. The number of phenols is 1. The SMILES string of the molecule is O=C1c2ccc(-c3cc(F)c(O)c(F)c3)nc2CC[C@@H]1Cc1ccccc1. The maximum Gasteiger partial charge on any atom is 0.187 e. The quantitative estimate of drug-likeness (QED) is 0.731. The van der Waals surface area contributed by atoms with Gasteiger partial charge in [0.05, 0.1) is 11.4 Å². The molecule has 0 radical (unpaired) electrons. The van der Waals surface area contributed by atoms with E-state index in [0.29, 0.717) is 36.2 Å². The second kappa shape index (κ2) is 6.91. The maximum atomic E-state index is 13.6. The number of phenolic OH excluding ortho intramolecular Hbond substituents is 1. The van der Waals surface area contributed by atoms with E-state index in [1.807, 2.05) is 30.3 Å². The molecule has 1 N–H and O–H groups in total. The average molecular weight is 365 g/mol. The summed E-state index contributed by atoms with van der Waals surface area (Å²) in [6.45, 7) is 0. The topological polar surface area (TPSA) is 50.2 Å². The molecule has 4 rings (SSSR count). The van der Waals surface area contributed by atoms with E-state index in [1.54, 1.807) is 12.1 Å². The summed E-state index contributed by atoms with van der Waals surface area (Å²) in [6.07, 6.45) is 2.01. The van der Waals surface area contributed by atoms with E-state index in [4.69, 9.17) is 0 Å². The number of aromatic nitrogens is 1. The van der Waals surface area contributed by atoms with Gasteiger partial charge < -0.3 is 5.11 Å². The van der Waals surface area contributed by atoms with Crippen LogP contribution in [0.4, 0.5) is 8.78 Å². The molecule has 1 atom stereocenters. The van der Waals surface area contributed by atoms with Crippen molar-refractivity contribution >= 4 is 5.78 Å². The van der Waals surface area contributed by atoms with Gasteiger partial charge in [-0.05, 0) is 49.1 Å². The second-order valence-corrected chi connectivity index (χ2v) is 6.77. The van der Waals surface area contributed by atoms with Crippen LogP contribution in [-0.4, -0.2) is 15.9 Å². The molecule has 0 fully saturated rings. The number of aryl methyl sites for hydroxylation is 1. The summed E-state index contributed by atoms with van der Waals surface area (Å²) < 4.78 is 27.2. The number of nitrogens with zero attached hydrogens (tertiary/aromatic N) is 1. The highest BCUT2D eigenvalue weighted by molar-refractivity contribution is 6.00.